The lowest BCUT2D eigenvalue weighted by atomic mass is 10.1. The third kappa shape index (κ3) is 3.17. The molecule has 2 heterocycles. The highest BCUT2D eigenvalue weighted by Gasteiger charge is 2.43. The number of nitrogens with zero attached hydrogens (tertiary/aromatic N) is 3. The van der Waals surface area contributed by atoms with Crippen molar-refractivity contribution in [2.75, 3.05) is 12.3 Å². The third-order valence-corrected chi connectivity index (χ3v) is 4.82. The molecule has 3 rings (SSSR count). The third-order valence-electron chi connectivity index (χ3n) is 3.88. The van der Waals surface area contributed by atoms with Gasteiger partial charge in [0.1, 0.15) is 5.54 Å². The van der Waals surface area contributed by atoms with Gasteiger partial charge in [-0.3, -0.25) is 14.3 Å². The number of hydrogen-bond acceptors (Lipinski definition) is 4. The van der Waals surface area contributed by atoms with Crippen molar-refractivity contribution in [3.05, 3.63) is 42.2 Å². The minimum absolute atomic E-state index is 0.185. The fraction of sp³-hybridized carbons (Fsp3) is 0.353. The molecule has 0 aliphatic carbocycles. The van der Waals surface area contributed by atoms with Gasteiger partial charge in [0, 0.05) is 30.4 Å². The molecule has 24 heavy (non-hydrogen) atoms. The van der Waals surface area contributed by atoms with E-state index in [1.165, 1.54) is 22.2 Å². The molecule has 0 atom stereocenters. The predicted octanol–water partition coefficient (Wildman–Crippen LogP) is 2.60. The van der Waals surface area contributed by atoms with E-state index in [1.54, 1.807) is 20.0 Å². The van der Waals surface area contributed by atoms with Gasteiger partial charge in [0.05, 0.1) is 0 Å². The van der Waals surface area contributed by atoms with Gasteiger partial charge < -0.3 is 5.32 Å². The molecule has 1 saturated heterocycles. The molecule has 126 valence electrons. The van der Waals surface area contributed by atoms with E-state index in [9.17, 15) is 9.59 Å². The summed E-state index contributed by atoms with van der Waals surface area (Å²) in [6, 6.07) is 7.85. The Bertz CT molecular complexity index is 784. The Morgan fingerprint density at radius 2 is 2.08 bits per heavy atom. The zero-order chi connectivity index (χ0) is 17.3. The second-order valence-corrected chi connectivity index (χ2v) is 7.34. The largest absolute Gasteiger partial charge is 0.325 e. The van der Waals surface area contributed by atoms with E-state index >= 15 is 0 Å². The van der Waals surface area contributed by atoms with Crippen molar-refractivity contribution in [1.82, 2.24) is 19.8 Å². The van der Waals surface area contributed by atoms with Crippen molar-refractivity contribution in [1.29, 1.82) is 0 Å². The van der Waals surface area contributed by atoms with Crippen LogP contribution in [-0.2, 0) is 4.79 Å². The number of carbonyl (C=O) groups is 2. The van der Waals surface area contributed by atoms with Crippen LogP contribution in [0.3, 0.4) is 0 Å². The first-order chi connectivity index (χ1) is 11.4. The standard InChI is InChI=1S/C17H20N4O2S/c1-12-5-4-6-13(11-12)20-8-7-18-16(20)24-10-9-21-14(22)17(2,3)19-15(21)23/h4-8,11H,9-10H2,1-3H3,(H,19,23). The number of imide groups is 1. The number of hydrogen-bond donors (Lipinski definition) is 1. The minimum atomic E-state index is -0.818. The lowest BCUT2D eigenvalue weighted by Crippen LogP contribution is -2.40. The van der Waals surface area contributed by atoms with Crippen LogP contribution in [-0.4, -0.2) is 44.2 Å². The molecule has 0 spiro atoms. The molecule has 2 aromatic rings. The summed E-state index contributed by atoms with van der Waals surface area (Å²) in [6.45, 7) is 5.83. The molecule has 0 unspecified atom stereocenters. The lowest BCUT2D eigenvalue weighted by molar-refractivity contribution is -0.130. The maximum Gasteiger partial charge on any atom is 0.325 e. The molecule has 1 aromatic carbocycles. The summed E-state index contributed by atoms with van der Waals surface area (Å²) in [5, 5.41) is 3.53. The number of rotatable bonds is 5. The highest BCUT2D eigenvalue weighted by molar-refractivity contribution is 7.99. The van der Waals surface area contributed by atoms with Gasteiger partial charge in [-0.05, 0) is 38.5 Å². The monoisotopic (exact) mass is 344 g/mol. The first-order valence-corrected chi connectivity index (χ1v) is 8.74. The molecule has 1 aliphatic rings. The second kappa shape index (κ2) is 6.32. The van der Waals surface area contributed by atoms with Crippen molar-refractivity contribution in [3.63, 3.8) is 0 Å². The number of imidazole rings is 1. The first-order valence-electron chi connectivity index (χ1n) is 7.76. The number of aryl methyl sites for hydroxylation is 1. The number of aromatic nitrogens is 2. The molecule has 1 N–H and O–H groups in total. The molecule has 1 aromatic heterocycles. The maximum atomic E-state index is 12.2. The van der Waals surface area contributed by atoms with E-state index < -0.39 is 5.54 Å². The molecule has 0 radical (unpaired) electrons. The molecule has 3 amide bonds. The van der Waals surface area contributed by atoms with Crippen LogP contribution in [0.1, 0.15) is 19.4 Å². The fourth-order valence-corrected chi connectivity index (χ4v) is 3.52. The average Bonchev–Trinajstić information content (AvgIpc) is 3.05. The Kier molecular flexibility index (Phi) is 4.36. The molecule has 7 heteroatoms. The zero-order valence-electron chi connectivity index (χ0n) is 13.9. The van der Waals surface area contributed by atoms with Gasteiger partial charge in [0.2, 0.25) is 0 Å². The fourth-order valence-electron chi connectivity index (χ4n) is 2.62. The Balaban J connectivity index is 1.66. The van der Waals surface area contributed by atoms with Crippen molar-refractivity contribution < 1.29 is 9.59 Å². The van der Waals surface area contributed by atoms with E-state index in [0.717, 1.165) is 10.8 Å². The van der Waals surface area contributed by atoms with Crippen molar-refractivity contribution in [3.8, 4) is 5.69 Å². The topological polar surface area (TPSA) is 67.2 Å². The Morgan fingerprint density at radius 1 is 1.29 bits per heavy atom. The number of nitrogens with one attached hydrogen (secondary N) is 1. The molecule has 0 saturated carbocycles. The molecule has 1 aliphatic heterocycles. The maximum absolute atomic E-state index is 12.2. The minimum Gasteiger partial charge on any atom is -0.324 e. The van der Waals surface area contributed by atoms with E-state index in [0.29, 0.717) is 12.3 Å². The van der Waals surface area contributed by atoms with Crippen LogP contribution in [0.2, 0.25) is 0 Å². The van der Waals surface area contributed by atoms with Crippen LogP contribution < -0.4 is 5.32 Å². The SMILES string of the molecule is Cc1cccc(-n2ccnc2SCCN2C(=O)NC(C)(C)C2=O)c1. The molecular formula is C17H20N4O2S. The molecule has 6 nitrogen and oxygen atoms in total. The molecule has 1 fully saturated rings. The first kappa shape index (κ1) is 16.6. The Labute approximate surface area is 145 Å². The van der Waals surface area contributed by atoms with Crippen LogP contribution in [0.25, 0.3) is 5.69 Å². The van der Waals surface area contributed by atoms with Crippen LogP contribution in [0.15, 0.2) is 41.8 Å². The number of urea groups is 1. The van der Waals surface area contributed by atoms with E-state index in [1.807, 2.05) is 35.9 Å². The zero-order valence-corrected chi connectivity index (χ0v) is 14.8. The van der Waals surface area contributed by atoms with Gasteiger partial charge in [-0.2, -0.15) is 0 Å². The van der Waals surface area contributed by atoms with Gasteiger partial charge >= 0.3 is 6.03 Å². The van der Waals surface area contributed by atoms with Crippen LogP contribution in [0, 0.1) is 6.92 Å². The van der Waals surface area contributed by atoms with Gasteiger partial charge in [-0.25, -0.2) is 9.78 Å². The summed E-state index contributed by atoms with van der Waals surface area (Å²) < 4.78 is 2.01. The summed E-state index contributed by atoms with van der Waals surface area (Å²) in [6.07, 6.45) is 3.66. The lowest BCUT2D eigenvalue weighted by Gasteiger charge is -2.15. The van der Waals surface area contributed by atoms with Gasteiger partial charge in [0.25, 0.3) is 5.91 Å². The van der Waals surface area contributed by atoms with Crippen molar-refractivity contribution >= 4 is 23.7 Å². The summed E-state index contributed by atoms with van der Waals surface area (Å²) in [7, 11) is 0. The van der Waals surface area contributed by atoms with Crippen LogP contribution in [0.5, 0.6) is 0 Å². The van der Waals surface area contributed by atoms with E-state index in [-0.39, 0.29) is 11.9 Å². The van der Waals surface area contributed by atoms with E-state index in [4.69, 9.17) is 0 Å². The summed E-state index contributed by atoms with van der Waals surface area (Å²) in [5.41, 5.74) is 1.41. The number of carbonyl (C=O) groups excluding carboxylic acids is 2. The van der Waals surface area contributed by atoms with Crippen molar-refractivity contribution in [2.24, 2.45) is 0 Å². The number of benzene rings is 1. The smallest absolute Gasteiger partial charge is 0.324 e. The van der Waals surface area contributed by atoms with Gasteiger partial charge in [0.15, 0.2) is 5.16 Å². The molecular weight excluding hydrogens is 324 g/mol. The quantitative estimate of drug-likeness (QED) is 0.669. The normalized spacial score (nSPS) is 16.5. The summed E-state index contributed by atoms with van der Waals surface area (Å²) >= 11 is 1.52. The van der Waals surface area contributed by atoms with Crippen LogP contribution in [0.4, 0.5) is 4.79 Å². The summed E-state index contributed by atoms with van der Waals surface area (Å²) in [4.78, 5) is 29.7. The van der Waals surface area contributed by atoms with E-state index in [2.05, 4.69) is 16.4 Å². The Hall–Kier alpha value is -2.28. The number of amides is 3. The predicted molar refractivity (Wildman–Crippen MR) is 93.3 cm³/mol. The highest BCUT2D eigenvalue weighted by Crippen LogP contribution is 2.22. The van der Waals surface area contributed by atoms with Gasteiger partial charge in [-0.15, -0.1) is 0 Å². The number of thioether (sulfide) groups is 1. The van der Waals surface area contributed by atoms with Gasteiger partial charge in [-0.1, -0.05) is 23.9 Å². The highest BCUT2D eigenvalue weighted by atomic mass is 32.2. The van der Waals surface area contributed by atoms with Crippen LogP contribution >= 0.6 is 11.8 Å². The Morgan fingerprint density at radius 3 is 2.75 bits per heavy atom. The molecule has 0 bridgehead atoms. The summed E-state index contributed by atoms with van der Waals surface area (Å²) in [5.74, 6) is 0.410. The average molecular weight is 344 g/mol. The second-order valence-electron chi connectivity index (χ2n) is 6.28. The van der Waals surface area contributed by atoms with Crippen molar-refractivity contribution in [2.45, 2.75) is 31.5 Å².